The number of para-hydroxylation sites is 2. The number of fused-ring (bicyclic) bond motifs is 6. The molecule has 141 heavy (non-hydrogen) atoms. The molecular formula is C113H80N16O6Pt4S2-6. The third-order valence-corrected chi connectivity index (χ3v) is 24.4. The summed E-state index contributed by atoms with van der Waals surface area (Å²) >= 11 is 3.28. The van der Waals surface area contributed by atoms with Gasteiger partial charge < -0.3 is 51.9 Å². The number of rotatable bonds is 20. The van der Waals surface area contributed by atoms with Crippen LogP contribution in [0.1, 0.15) is 22.8 Å². The average molecular weight is 2600 g/mol. The van der Waals surface area contributed by atoms with Crippen LogP contribution in [0.4, 0.5) is 11.4 Å². The van der Waals surface area contributed by atoms with E-state index in [1.807, 2.05) is 377 Å². The smallest absolute Gasteiger partial charge is 0.510 e. The molecule has 0 saturated carbocycles. The standard InChI is InChI=1S/2C31H22N5O2.C26H19N3OS.C25H17N3OS.4Pt/c1-21-31(36-27-13-4-3-12-26(27)29-28(36)14-7-15-32-29)38-30(33-21)22-8-5-10-24(18-22)37-25-11-6-9-23(19-25)35-17-16-34(2)20-35;1-21-31(36-28-12-4-3-11-26(28)27-19-32-14-13-29(27)36)38-30(33-21)22-7-5-9-24(17-22)37-25-10-6-8-23(18-25)35-16-15-34(2)20-35;1-18-14-19(2)29(28-18)22-11-7-13-24(16-22)30-23-12-6-10-21(15-23)26-27-17-25(31-26)20-8-4-3-5-9-20;1-28-14-13-26-24(28)19-9-5-11-21(15-19)29-22-12-6-10-20(16-22)25-27-17-23(30-25)18-7-3-2-4-8-18;;;;/h3-17,20H,1-2H3;3-16,19-20H,1-2H3;3-14,17H,1-2H3;2-14,17H,1H3;;;;/q2*-3;2*-2;;;2*+2. The molecule has 0 amide bonds. The minimum Gasteiger partial charge on any atom is -0.510 e. The van der Waals surface area contributed by atoms with Gasteiger partial charge >= 0.3 is 42.1 Å². The number of ether oxygens (including phenoxy) is 4. The van der Waals surface area contributed by atoms with Crippen LogP contribution in [0.15, 0.2) is 356 Å². The first-order valence-corrected chi connectivity index (χ1v) is 45.5. The van der Waals surface area contributed by atoms with Crippen molar-refractivity contribution in [2.45, 2.75) is 27.7 Å². The molecule has 24 rings (SSSR count). The van der Waals surface area contributed by atoms with Gasteiger partial charge in [0.05, 0.1) is 50.5 Å². The summed E-state index contributed by atoms with van der Waals surface area (Å²) < 4.78 is 45.1. The summed E-state index contributed by atoms with van der Waals surface area (Å²) in [6.07, 6.45) is 20.9. The monoisotopic (exact) mass is 2600 g/mol. The molecule has 12 heterocycles. The van der Waals surface area contributed by atoms with Gasteiger partial charge in [-0.2, -0.15) is 59.3 Å². The maximum absolute atomic E-state index is 6.38. The number of oxazole rings is 2. The van der Waals surface area contributed by atoms with Crippen molar-refractivity contribution in [1.82, 2.24) is 68.2 Å². The molecule has 2 aliphatic rings. The van der Waals surface area contributed by atoms with Gasteiger partial charge in [0.2, 0.25) is 11.8 Å². The quantitative estimate of drug-likeness (QED) is 0.0652. The van der Waals surface area contributed by atoms with Crippen molar-refractivity contribution in [2.24, 2.45) is 7.05 Å². The number of aromatic nitrogens is 12. The summed E-state index contributed by atoms with van der Waals surface area (Å²) in [6, 6.07) is 118. The number of anilines is 2. The third kappa shape index (κ3) is 21.8. The molecule has 22 nitrogen and oxygen atoms in total. The van der Waals surface area contributed by atoms with Crippen molar-refractivity contribution < 1.29 is 112 Å². The maximum atomic E-state index is 6.38. The van der Waals surface area contributed by atoms with E-state index in [9.17, 15) is 0 Å². The molecule has 0 unspecified atom stereocenters. The van der Waals surface area contributed by atoms with E-state index in [0.29, 0.717) is 80.7 Å². The van der Waals surface area contributed by atoms with Crippen molar-refractivity contribution in [3.8, 4) is 140 Å². The van der Waals surface area contributed by atoms with Crippen molar-refractivity contribution in [2.75, 3.05) is 23.9 Å². The molecule has 0 radical (unpaired) electrons. The molecule has 0 spiro atoms. The second-order valence-corrected chi connectivity index (χ2v) is 34.1. The van der Waals surface area contributed by atoms with Gasteiger partial charge in [0, 0.05) is 180 Å². The summed E-state index contributed by atoms with van der Waals surface area (Å²) in [5.41, 5.74) is 17.5. The Bertz CT molecular complexity index is 7840. The molecule has 22 aromatic rings. The van der Waals surface area contributed by atoms with Crippen LogP contribution in [-0.4, -0.2) is 82.3 Å². The first-order chi connectivity index (χ1) is 67.2. The molecule has 2 aliphatic heterocycles. The maximum Gasteiger partial charge on any atom is 2.00 e. The third-order valence-electron chi connectivity index (χ3n) is 22.3. The summed E-state index contributed by atoms with van der Waals surface area (Å²) in [5.74, 6) is 7.86. The zero-order valence-corrected chi connectivity index (χ0v) is 87.0. The Morgan fingerprint density at radius 2 is 0.766 bits per heavy atom. The molecule has 706 valence electrons. The van der Waals surface area contributed by atoms with Crippen LogP contribution in [0.3, 0.4) is 0 Å². The van der Waals surface area contributed by atoms with Crippen molar-refractivity contribution >= 4 is 77.8 Å². The molecule has 10 aromatic heterocycles. The van der Waals surface area contributed by atoms with Crippen molar-refractivity contribution in [3.05, 3.63) is 432 Å². The molecule has 12 aromatic carbocycles. The molecular weight excluding hydrogens is 2520 g/mol. The van der Waals surface area contributed by atoms with Gasteiger partial charge in [0.25, 0.3) is 0 Å². The van der Waals surface area contributed by atoms with E-state index in [0.717, 1.165) is 137 Å². The Labute approximate surface area is 880 Å². The number of imidazole rings is 1. The van der Waals surface area contributed by atoms with E-state index >= 15 is 0 Å². The predicted molar refractivity (Wildman–Crippen MR) is 537 cm³/mol. The molecule has 0 saturated heterocycles. The van der Waals surface area contributed by atoms with E-state index in [1.165, 1.54) is 0 Å². The second-order valence-electron chi connectivity index (χ2n) is 32.0. The van der Waals surface area contributed by atoms with Gasteiger partial charge in [0.15, 0.2) is 0 Å². The van der Waals surface area contributed by atoms with E-state index in [4.69, 9.17) is 37.7 Å². The minimum atomic E-state index is 0. The summed E-state index contributed by atoms with van der Waals surface area (Å²) in [4.78, 5) is 42.2. The van der Waals surface area contributed by atoms with Crippen LogP contribution in [0.25, 0.3) is 138 Å². The summed E-state index contributed by atoms with van der Waals surface area (Å²) in [7, 11) is 5.91. The summed E-state index contributed by atoms with van der Waals surface area (Å²) in [6.45, 7) is 11.8. The average Bonchev–Trinajstić information content (AvgIpc) is 1.59. The number of hydrogen-bond donors (Lipinski definition) is 0. The van der Waals surface area contributed by atoms with Gasteiger partial charge in [0.1, 0.15) is 11.8 Å². The molecule has 0 atom stereocenters. The Hall–Kier alpha value is -14.7. The Kier molecular flexibility index (Phi) is 30.7. The van der Waals surface area contributed by atoms with E-state index in [2.05, 4.69) is 136 Å². The van der Waals surface area contributed by atoms with Gasteiger partial charge in [-0.1, -0.05) is 139 Å². The van der Waals surface area contributed by atoms with Gasteiger partial charge in [-0.25, -0.2) is 0 Å². The Balaban J connectivity index is 0.000000129. The zero-order chi connectivity index (χ0) is 92.8. The molecule has 0 aliphatic carbocycles. The Morgan fingerprint density at radius 3 is 1.24 bits per heavy atom. The van der Waals surface area contributed by atoms with Crippen molar-refractivity contribution in [3.63, 3.8) is 0 Å². The number of nitrogens with zero attached hydrogens (tertiary/aromatic N) is 16. The number of benzene rings is 12. The molecule has 0 fully saturated rings. The van der Waals surface area contributed by atoms with Gasteiger partial charge in [-0.3, -0.25) is 48.7 Å². The first kappa shape index (κ1) is 97.9. The number of aryl methyl sites for hydroxylation is 5. The fraction of sp³-hybridized carbons (Fsp3) is 0.0619. The second kappa shape index (κ2) is 44.2. The van der Waals surface area contributed by atoms with E-state index < -0.39 is 0 Å². The predicted octanol–water partition coefficient (Wildman–Crippen LogP) is 26.7. The number of pyridine rings is 2. The van der Waals surface area contributed by atoms with Crippen LogP contribution in [-0.2, 0) is 91.3 Å². The largest absolute Gasteiger partial charge is 2.00 e. The van der Waals surface area contributed by atoms with E-state index in [1.54, 1.807) is 35.1 Å². The number of hydrogen-bond acceptors (Lipinski definition) is 20. The van der Waals surface area contributed by atoms with Crippen LogP contribution < -0.4 is 28.7 Å². The van der Waals surface area contributed by atoms with Gasteiger partial charge in [-0.15, -0.1) is 174 Å². The topological polar surface area (TPSA) is 199 Å². The zero-order valence-electron chi connectivity index (χ0n) is 76.2. The van der Waals surface area contributed by atoms with Crippen molar-refractivity contribution in [1.29, 1.82) is 0 Å². The van der Waals surface area contributed by atoms with Crippen LogP contribution in [0, 0.1) is 89.6 Å². The van der Waals surface area contributed by atoms with Crippen LogP contribution >= 0.6 is 22.7 Å². The van der Waals surface area contributed by atoms with Crippen LogP contribution in [0.5, 0.6) is 46.0 Å². The minimum absolute atomic E-state index is 0. The molecule has 28 heteroatoms. The molecule has 0 bridgehead atoms. The summed E-state index contributed by atoms with van der Waals surface area (Å²) in [5, 5.41) is 9.58. The fourth-order valence-electron chi connectivity index (χ4n) is 16.0. The first-order valence-electron chi connectivity index (χ1n) is 43.9. The fourth-order valence-corrected chi connectivity index (χ4v) is 17.8. The molecule has 0 N–H and O–H groups in total. The van der Waals surface area contributed by atoms with E-state index in [-0.39, 0.29) is 84.3 Å². The number of thiazole rings is 2. The van der Waals surface area contributed by atoms with Gasteiger partial charge in [-0.05, 0) is 120 Å². The van der Waals surface area contributed by atoms with Crippen LogP contribution in [0.2, 0.25) is 0 Å². The SMILES string of the molecule is Cc1cc(C)n(-c2[c-]c(Oc3[c-]c(-c4ncc(-c5ccccc5)s4)ccc3)ccc2)n1.Cc1nc(-c2[c-]c(Oc3[c-]c(N4C=CN(C)[CH-]4)ccc3)ccc2)oc1-n1c2ccccc2c2cnccc21.Cc1nc(-c2[c-]c(Oc3[c-]c(N4C=CN(C)[CH-]4)ccc3)ccc2)oc1-n1c2ccccc2c2ncccc21.Cn1ccnc1-c1[c-]c(Oc2[c-]c(-c3ncc(-c4ccccc4)s3)ccc2)ccc1.[Pt+2].[Pt+2].[Pt].[Pt]. The Morgan fingerprint density at radius 1 is 0.355 bits per heavy atom. The normalized spacial score (nSPS) is 11.8.